The number of sulfonamides is 1. The number of hydrogen-bond acceptors (Lipinski definition) is 3. The van der Waals surface area contributed by atoms with Crippen LogP contribution in [0.2, 0.25) is 0 Å². The number of piperidine rings is 1. The molecule has 6 heteroatoms. The van der Waals surface area contributed by atoms with Crippen LogP contribution in [0.15, 0.2) is 29.2 Å². The molecule has 21 heavy (non-hydrogen) atoms. The van der Waals surface area contributed by atoms with Crippen molar-refractivity contribution < 1.29 is 8.42 Å². The van der Waals surface area contributed by atoms with E-state index in [9.17, 15) is 8.42 Å². The number of nitrogens with zero attached hydrogens (tertiary/aromatic N) is 1. The third kappa shape index (κ3) is 4.52. The number of benzene rings is 1. The van der Waals surface area contributed by atoms with Gasteiger partial charge in [0, 0.05) is 17.4 Å². The van der Waals surface area contributed by atoms with E-state index in [4.69, 9.17) is 0 Å². The second kappa shape index (κ2) is 7.22. The van der Waals surface area contributed by atoms with Crippen LogP contribution in [0.25, 0.3) is 0 Å². The summed E-state index contributed by atoms with van der Waals surface area (Å²) in [6.45, 7) is 6.26. The van der Waals surface area contributed by atoms with Gasteiger partial charge in [-0.1, -0.05) is 28.1 Å². The number of nitrogens with one attached hydrogen (secondary N) is 1. The maximum absolute atomic E-state index is 12.4. The highest BCUT2D eigenvalue weighted by Crippen LogP contribution is 2.17. The fourth-order valence-electron chi connectivity index (χ4n) is 2.58. The zero-order valence-electron chi connectivity index (χ0n) is 12.5. The Morgan fingerprint density at radius 2 is 1.81 bits per heavy atom. The molecule has 0 radical (unpaired) electrons. The van der Waals surface area contributed by atoms with Gasteiger partial charge < -0.3 is 4.90 Å². The van der Waals surface area contributed by atoms with Gasteiger partial charge in [-0.2, -0.15) is 0 Å². The molecule has 2 rings (SSSR count). The highest BCUT2D eigenvalue weighted by molar-refractivity contribution is 9.08. The first kappa shape index (κ1) is 16.9. The quantitative estimate of drug-likeness (QED) is 0.806. The zero-order valence-corrected chi connectivity index (χ0v) is 15.0. The topological polar surface area (TPSA) is 49.4 Å². The standard InChI is InChI=1S/C15H23BrN2O2S/c1-12(2)18-9-7-14(8-10-18)17-21(19,20)15-5-3-13(11-16)4-6-15/h3-6,12,14,17H,7-11H2,1-2H3. The molecule has 0 spiro atoms. The summed E-state index contributed by atoms with van der Waals surface area (Å²) in [5.41, 5.74) is 1.07. The average Bonchev–Trinajstić information content (AvgIpc) is 2.47. The fourth-order valence-corrected chi connectivity index (χ4v) is 4.26. The monoisotopic (exact) mass is 374 g/mol. The summed E-state index contributed by atoms with van der Waals surface area (Å²) in [4.78, 5) is 2.73. The van der Waals surface area contributed by atoms with Crippen LogP contribution in [0, 0.1) is 0 Å². The van der Waals surface area contributed by atoms with E-state index in [1.807, 2.05) is 12.1 Å². The van der Waals surface area contributed by atoms with Crippen molar-refractivity contribution in [3.63, 3.8) is 0 Å². The lowest BCUT2D eigenvalue weighted by atomic mass is 10.1. The van der Waals surface area contributed by atoms with E-state index < -0.39 is 10.0 Å². The minimum absolute atomic E-state index is 0.0425. The maximum atomic E-state index is 12.4. The Morgan fingerprint density at radius 1 is 1.24 bits per heavy atom. The predicted molar refractivity (Wildman–Crippen MR) is 89.1 cm³/mol. The molecule has 1 aliphatic heterocycles. The second-order valence-corrected chi connectivity index (χ2v) is 8.08. The van der Waals surface area contributed by atoms with Gasteiger partial charge in [-0.15, -0.1) is 0 Å². The maximum Gasteiger partial charge on any atom is 0.240 e. The number of halogens is 1. The minimum Gasteiger partial charge on any atom is -0.301 e. The molecular formula is C15H23BrN2O2S. The molecule has 1 aliphatic rings. The van der Waals surface area contributed by atoms with Crippen LogP contribution in [-0.4, -0.2) is 38.5 Å². The predicted octanol–water partition coefficient (Wildman–Crippen LogP) is 2.73. The van der Waals surface area contributed by atoms with Crippen molar-refractivity contribution in [1.29, 1.82) is 0 Å². The number of rotatable bonds is 5. The van der Waals surface area contributed by atoms with E-state index in [2.05, 4.69) is 39.4 Å². The first-order valence-electron chi connectivity index (χ1n) is 7.33. The Hall–Kier alpha value is -0.430. The third-order valence-corrected chi connectivity index (χ3v) is 6.15. The molecule has 1 heterocycles. The Balaban J connectivity index is 1.98. The van der Waals surface area contributed by atoms with Crippen molar-refractivity contribution in [3.8, 4) is 0 Å². The molecule has 0 unspecified atom stereocenters. The molecule has 118 valence electrons. The zero-order chi connectivity index (χ0) is 15.5. The molecule has 1 aromatic rings. The second-order valence-electron chi connectivity index (χ2n) is 5.80. The highest BCUT2D eigenvalue weighted by atomic mass is 79.9. The molecule has 0 bridgehead atoms. The Bertz CT molecular complexity index is 550. The van der Waals surface area contributed by atoms with Gasteiger partial charge in [0.05, 0.1) is 4.90 Å². The molecule has 4 nitrogen and oxygen atoms in total. The number of likely N-dealkylation sites (tertiary alicyclic amines) is 1. The van der Waals surface area contributed by atoms with E-state index in [1.165, 1.54) is 0 Å². The van der Waals surface area contributed by atoms with E-state index >= 15 is 0 Å². The van der Waals surface area contributed by atoms with Crippen molar-refractivity contribution in [2.45, 2.75) is 49.0 Å². The van der Waals surface area contributed by atoms with Gasteiger partial charge in [-0.3, -0.25) is 0 Å². The van der Waals surface area contributed by atoms with Crippen molar-refractivity contribution in [1.82, 2.24) is 9.62 Å². The molecule has 0 atom stereocenters. The minimum atomic E-state index is -3.41. The molecule has 0 saturated carbocycles. The molecule has 0 aromatic heterocycles. The Labute approximate surface area is 136 Å². The molecule has 1 aromatic carbocycles. The van der Waals surface area contributed by atoms with E-state index in [0.717, 1.165) is 36.8 Å². The highest BCUT2D eigenvalue weighted by Gasteiger charge is 2.25. The smallest absolute Gasteiger partial charge is 0.240 e. The molecule has 1 saturated heterocycles. The van der Waals surface area contributed by atoms with E-state index in [0.29, 0.717) is 10.9 Å². The lowest BCUT2D eigenvalue weighted by molar-refractivity contribution is 0.168. The van der Waals surface area contributed by atoms with E-state index in [-0.39, 0.29) is 6.04 Å². The molecule has 0 aliphatic carbocycles. The van der Waals surface area contributed by atoms with Gasteiger partial charge in [0.2, 0.25) is 10.0 Å². The SMILES string of the molecule is CC(C)N1CCC(NS(=O)(=O)c2ccc(CBr)cc2)CC1. The first-order chi connectivity index (χ1) is 9.92. The summed E-state index contributed by atoms with van der Waals surface area (Å²) in [7, 11) is -3.41. The number of hydrogen-bond donors (Lipinski definition) is 1. The lowest BCUT2D eigenvalue weighted by Gasteiger charge is -2.34. The van der Waals surface area contributed by atoms with Crippen LogP contribution < -0.4 is 4.72 Å². The lowest BCUT2D eigenvalue weighted by Crippen LogP contribution is -2.46. The van der Waals surface area contributed by atoms with Gasteiger partial charge >= 0.3 is 0 Å². The van der Waals surface area contributed by atoms with Crippen molar-refractivity contribution in [3.05, 3.63) is 29.8 Å². The summed E-state index contributed by atoms with van der Waals surface area (Å²) < 4.78 is 27.6. The summed E-state index contributed by atoms with van der Waals surface area (Å²) in [5.74, 6) is 0. The van der Waals surface area contributed by atoms with Crippen LogP contribution in [0.3, 0.4) is 0 Å². The van der Waals surface area contributed by atoms with Crippen LogP contribution in [0.1, 0.15) is 32.3 Å². The van der Waals surface area contributed by atoms with Crippen molar-refractivity contribution >= 4 is 26.0 Å². The molecular weight excluding hydrogens is 352 g/mol. The Morgan fingerprint density at radius 3 is 2.29 bits per heavy atom. The summed E-state index contributed by atoms with van der Waals surface area (Å²) in [6, 6.07) is 7.58. The van der Waals surface area contributed by atoms with Gasteiger partial charge in [0.25, 0.3) is 0 Å². The fraction of sp³-hybridized carbons (Fsp3) is 0.600. The third-order valence-electron chi connectivity index (χ3n) is 3.97. The van der Waals surface area contributed by atoms with Gasteiger partial charge in [0.15, 0.2) is 0 Å². The number of alkyl halides is 1. The largest absolute Gasteiger partial charge is 0.301 e. The average molecular weight is 375 g/mol. The van der Waals surface area contributed by atoms with Crippen molar-refractivity contribution in [2.24, 2.45) is 0 Å². The van der Waals surface area contributed by atoms with Crippen LogP contribution in [0.4, 0.5) is 0 Å². The molecule has 1 N–H and O–H groups in total. The van der Waals surface area contributed by atoms with Crippen molar-refractivity contribution in [2.75, 3.05) is 13.1 Å². The summed E-state index contributed by atoms with van der Waals surface area (Å²) in [6.07, 6.45) is 1.74. The summed E-state index contributed by atoms with van der Waals surface area (Å²) >= 11 is 3.36. The normalized spacial score (nSPS) is 18.3. The molecule has 1 fully saturated rings. The van der Waals surface area contributed by atoms with Gasteiger partial charge in [-0.05, 0) is 57.5 Å². The van der Waals surface area contributed by atoms with Crippen LogP contribution >= 0.6 is 15.9 Å². The Kier molecular flexibility index (Phi) is 5.82. The summed E-state index contributed by atoms with van der Waals surface area (Å²) in [5, 5.41) is 0.731. The van der Waals surface area contributed by atoms with Crippen LogP contribution in [-0.2, 0) is 15.4 Å². The van der Waals surface area contributed by atoms with Gasteiger partial charge in [-0.25, -0.2) is 13.1 Å². The van der Waals surface area contributed by atoms with Crippen LogP contribution in [0.5, 0.6) is 0 Å². The first-order valence-corrected chi connectivity index (χ1v) is 9.94. The molecule has 0 amide bonds. The van der Waals surface area contributed by atoms with E-state index in [1.54, 1.807) is 12.1 Å². The van der Waals surface area contributed by atoms with Gasteiger partial charge in [0.1, 0.15) is 0 Å².